The molecule has 2 N–H and O–H groups in total. The van der Waals surface area contributed by atoms with Gasteiger partial charge in [-0.15, -0.1) is 5.10 Å². The lowest BCUT2D eigenvalue weighted by Gasteiger charge is -2.13. The molecule has 0 radical (unpaired) electrons. The number of alkyl halides is 3. The van der Waals surface area contributed by atoms with E-state index < -0.39 is 30.0 Å². The molecular formula is C14H14F4N4O2. The van der Waals surface area contributed by atoms with Crippen LogP contribution < -0.4 is 5.32 Å². The van der Waals surface area contributed by atoms with Crippen LogP contribution in [0.1, 0.15) is 16.8 Å². The molecule has 6 nitrogen and oxygen atoms in total. The fourth-order valence-electron chi connectivity index (χ4n) is 2.01. The van der Waals surface area contributed by atoms with Crippen LogP contribution in [0.25, 0.3) is 0 Å². The lowest BCUT2D eigenvalue weighted by Crippen LogP contribution is -2.28. The van der Waals surface area contributed by atoms with Gasteiger partial charge >= 0.3 is 6.18 Å². The van der Waals surface area contributed by atoms with Crippen molar-refractivity contribution in [1.82, 2.24) is 20.3 Å². The van der Waals surface area contributed by atoms with Gasteiger partial charge in [0, 0.05) is 25.8 Å². The van der Waals surface area contributed by atoms with Crippen LogP contribution in [0.3, 0.4) is 0 Å². The Labute approximate surface area is 134 Å². The van der Waals surface area contributed by atoms with Gasteiger partial charge in [0.2, 0.25) is 5.91 Å². The third-order valence-corrected chi connectivity index (χ3v) is 3.11. The Bertz CT molecular complexity index is 715. The van der Waals surface area contributed by atoms with E-state index in [2.05, 4.69) is 15.6 Å². The van der Waals surface area contributed by atoms with Crippen molar-refractivity contribution < 1.29 is 27.5 Å². The van der Waals surface area contributed by atoms with Crippen molar-refractivity contribution in [2.24, 2.45) is 0 Å². The van der Waals surface area contributed by atoms with E-state index in [1.807, 2.05) is 0 Å². The second kappa shape index (κ2) is 7.39. The van der Waals surface area contributed by atoms with Crippen LogP contribution in [-0.2, 0) is 30.5 Å². The molecular weight excluding hydrogens is 332 g/mol. The lowest BCUT2D eigenvalue weighted by atomic mass is 10.1. The lowest BCUT2D eigenvalue weighted by molar-refractivity contribution is -0.138. The number of aliphatic hydroxyl groups is 1. The molecule has 0 aliphatic rings. The summed E-state index contributed by atoms with van der Waals surface area (Å²) in [5, 5.41) is 18.5. The summed E-state index contributed by atoms with van der Waals surface area (Å²) in [4.78, 5) is 11.8. The van der Waals surface area contributed by atoms with Gasteiger partial charge in [0.1, 0.15) is 12.4 Å². The summed E-state index contributed by atoms with van der Waals surface area (Å²) in [5.74, 6) is -1.58. The third-order valence-electron chi connectivity index (χ3n) is 3.11. The Hall–Kier alpha value is -2.49. The number of carbonyl (C=O) groups excluding carboxylic acids is 1. The molecule has 1 aromatic carbocycles. The highest BCUT2D eigenvalue weighted by atomic mass is 19.4. The van der Waals surface area contributed by atoms with Crippen LogP contribution in [0.5, 0.6) is 0 Å². The van der Waals surface area contributed by atoms with Crippen LogP contribution in [0.2, 0.25) is 0 Å². The maximum atomic E-state index is 13.0. The largest absolute Gasteiger partial charge is 0.416 e. The number of rotatable bonds is 6. The molecule has 0 saturated heterocycles. The average Bonchev–Trinajstić information content (AvgIpc) is 2.92. The van der Waals surface area contributed by atoms with Crippen LogP contribution in [0.15, 0.2) is 24.4 Å². The number of nitrogens with zero attached hydrogens (tertiary/aromatic N) is 3. The molecule has 24 heavy (non-hydrogen) atoms. The molecule has 0 spiro atoms. The molecule has 10 heteroatoms. The summed E-state index contributed by atoms with van der Waals surface area (Å²) in [5.41, 5.74) is -0.881. The zero-order valence-corrected chi connectivity index (χ0v) is 12.3. The number of aliphatic hydroxyl groups excluding tert-OH is 1. The van der Waals surface area contributed by atoms with E-state index in [1.165, 1.54) is 10.9 Å². The topological polar surface area (TPSA) is 80.0 Å². The van der Waals surface area contributed by atoms with Crippen molar-refractivity contribution in [3.63, 3.8) is 0 Å². The molecule has 1 heterocycles. The fourth-order valence-corrected chi connectivity index (χ4v) is 2.01. The summed E-state index contributed by atoms with van der Waals surface area (Å²) in [6.07, 6.45) is -2.98. The van der Waals surface area contributed by atoms with E-state index >= 15 is 0 Å². The molecule has 130 valence electrons. The molecule has 0 bridgehead atoms. The van der Waals surface area contributed by atoms with Gasteiger partial charge in [-0.3, -0.25) is 4.79 Å². The smallest absolute Gasteiger partial charge is 0.396 e. The maximum absolute atomic E-state index is 13.0. The van der Waals surface area contributed by atoms with Gasteiger partial charge in [-0.25, -0.2) is 9.07 Å². The normalized spacial score (nSPS) is 11.5. The van der Waals surface area contributed by atoms with Crippen LogP contribution >= 0.6 is 0 Å². The van der Waals surface area contributed by atoms with Crippen molar-refractivity contribution in [1.29, 1.82) is 0 Å². The summed E-state index contributed by atoms with van der Waals surface area (Å²) < 4.78 is 52.8. The minimum Gasteiger partial charge on any atom is -0.396 e. The highest BCUT2D eigenvalue weighted by Gasteiger charge is 2.33. The van der Waals surface area contributed by atoms with Gasteiger partial charge in [-0.05, 0) is 17.7 Å². The third kappa shape index (κ3) is 4.75. The average molecular weight is 346 g/mol. The predicted molar refractivity (Wildman–Crippen MR) is 74.1 cm³/mol. The number of carbonyl (C=O) groups is 1. The quantitative estimate of drug-likeness (QED) is 0.773. The van der Waals surface area contributed by atoms with Crippen molar-refractivity contribution in [3.8, 4) is 0 Å². The Morgan fingerprint density at radius 1 is 1.33 bits per heavy atom. The number of hydrogen-bond donors (Lipinski definition) is 2. The molecule has 0 atom stereocenters. The first kappa shape index (κ1) is 17.9. The molecule has 2 rings (SSSR count). The number of aromatic nitrogens is 3. The summed E-state index contributed by atoms with van der Waals surface area (Å²) in [6.45, 7) is -0.747. The molecule has 2 aromatic rings. The highest BCUT2D eigenvalue weighted by Crippen LogP contribution is 2.32. The SMILES string of the molecule is O=C(Cn1cc(CCO)nn1)NCc1ccc(F)cc1C(F)(F)F. The second-order valence-electron chi connectivity index (χ2n) is 4.96. The van der Waals surface area contributed by atoms with Crippen molar-refractivity contribution in [2.75, 3.05) is 6.61 Å². The van der Waals surface area contributed by atoms with E-state index in [0.717, 1.165) is 12.1 Å². The van der Waals surface area contributed by atoms with Gasteiger partial charge in [0.25, 0.3) is 0 Å². The number of halogens is 4. The zero-order chi connectivity index (χ0) is 17.7. The van der Waals surface area contributed by atoms with Crippen molar-refractivity contribution in [2.45, 2.75) is 25.7 Å². The number of amides is 1. The number of hydrogen-bond acceptors (Lipinski definition) is 4. The van der Waals surface area contributed by atoms with Gasteiger partial charge < -0.3 is 10.4 Å². The molecule has 0 fully saturated rings. The zero-order valence-electron chi connectivity index (χ0n) is 12.3. The summed E-state index contributed by atoms with van der Waals surface area (Å²) in [7, 11) is 0. The van der Waals surface area contributed by atoms with Gasteiger partial charge in [-0.2, -0.15) is 13.2 Å². The van der Waals surface area contributed by atoms with Crippen molar-refractivity contribution >= 4 is 5.91 Å². The van der Waals surface area contributed by atoms with E-state index in [1.54, 1.807) is 0 Å². The van der Waals surface area contributed by atoms with Gasteiger partial charge in [0.05, 0.1) is 11.3 Å². The standard InChI is InChI=1S/C14H14F4N4O2/c15-10-2-1-9(12(5-10)14(16,17)18)6-19-13(24)8-22-7-11(3-4-23)20-21-22/h1-2,5,7,23H,3-4,6,8H2,(H,19,24). The van der Waals surface area contributed by atoms with E-state index in [-0.39, 0.29) is 25.1 Å². The summed E-state index contributed by atoms with van der Waals surface area (Å²) >= 11 is 0. The van der Waals surface area contributed by atoms with Crippen LogP contribution in [-0.4, -0.2) is 32.6 Å². The second-order valence-corrected chi connectivity index (χ2v) is 4.96. The number of nitrogens with one attached hydrogen (secondary N) is 1. The Morgan fingerprint density at radius 3 is 2.75 bits per heavy atom. The summed E-state index contributed by atoms with van der Waals surface area (Å²) in [6, 6.07) is 2.27. The Morgan fingerprint density at radius 2 is 2.08 bits per heavy atom. The number of benzene rings is 1. The minimum absolute atomic E-state index is 0.115. The minimum atomic E-state index is -4.72. The highest BCUT2D eigenvalue weighted by molar-refractivity contribution is 5.75. The van der Waals surface area contributed by atoms with E-state index in [9.17, 15) is 22.4 Å². The first-order chi connectivity index (χ1) is 11.3. The predicted octanol–water partition coefficient (Wildman–Crippen LogP) is 1.29. The Kier molecular flexibility index (Phi) is 5.50. The van der Waals surface area contributed by atoms with E-state index in [0.29, 0.717) is 11.8 Å². The molecule has 1 amide bonds. The van der Waals surface area contributed by atoms with Crippen molar-refractivity contribution in [3.05, 3.63) is 47.0 Å². The molecule has 0 aliphatic carbocycles. The monoisotopic (exact) mass is 346 g/mol. The van der Waals surface area contributed by atoms with E-state index in [4.69, 9.17) is 5.11 Å². The molecule has 0 aliphatic heterocycles. The Balaban J connectivity index is 1.98. The first-order valence-electron chi connectivity index (χ1n) is 6.92. The van der Waals surface area contributed by atoms with Crippen LogP contribution in [0.4, 0.5) is 17.6 Å². The molecule has 1 aromatic heterocycles. The van der Waals surface area contributed by atoms with Crippen LogP contribution in [0, 0.1) is 5.82 Å². The maximum Gasteiger partial charge on any atom is 0.416 e. The van der Waals surface area contributed by atoms with Gasteiger partial charge in [0.15, 0.2) is 0 Å². The molecule has 0 unspecified atom stereocenters. The van der Waals surface area contributed by atoms with Gasteiger partial charge in [-0.1, -0.05) is 11.3 Å². The molecule has 0 saturated carbocycles. The first-order valence-corrected chi connectivity index (χ1v) is 6.92. The fraction of sp³-hybridized carbons (Fsp3) is 0.357.